The van der Waals surface area contributed by atoms with Crippen LogP contribution in [0.5, 0.6) is 0 Å². The average Bonchev–Trinajstić information content (AvgIpc) is 2.40. The summed E-state index contributed by atoms with van der Waals surface area (Å²) in [6.45, 7) is 1.62. The van der Waals surface area contributed by atoms with Crippen molar-refractivity contribution in [3.05, 3.63) is 35.1 Å². The third-order valence-corrected chi connectivity index (χ3v) is 5.68. The Morgan fingerprint density at radius 2 is 2.00 bits per heavy atom. The number of benzene rings is 1. The minimum atomic E-state index is -3.10. The van der Waals surface area contributed by atoms with Crippen LogP contribution in [0.4, 0.5) is 4.39 Å². The largest absolute Gasteiger partial charge is 0.294 e. The maximum absolute atomic E-state index is 13.2. The molecule has 1 aromatic rings. The Morgan fingerprint density at radius 1 is 1.30 bits per heavy atom. The molecule has 0 saturated heterocycles. The van der Waals surface area contributed by atoms with E-state index in [1.54, 1.807) is 13.0 Å². The van der Waals surface area contributed by atoms with Crippen LogP contribution in [0.15, 0.2) is 18.2 Å². The van der Waals surface area contributed by atoms with Crippen molar-refractivity contribution in [2.75, 3.05) is 6.26 Å². The Labute approximate surface area is 119 Å². The Balaban J connectivity index is 2.18. The van der Waals surface area contributed by atoms with Crippen molar-refractivity contribution in [1.29, 1.82) is 0 Å². The number of sulfone groups is 1. The Kier molecular flexibility index (Phi) is 4.28. The minimum Gasteiger partial charge on any atom is -0.294 e. The smallest absolute Gasteiger partial charge is 0.165 e. The first-order valence-electron chi connectivity index (χ1n) is 6.78. The Morgan fingerprint density at radius 3 is 2.60 bits per heavy atom. The van der Waals surface area contributed by atoms with Crippen molar-refractivity contribution in [3.63, 3.8) is 0 Å². The van der Waals surface area contributed by atoms with Crippen LogP contribution in [-0.2, 0) is 9.84 Å². The van der Waals surface area contributed by atoms with Crippen LogP contribution >= 0.6 is 0 Å². The van der Waals surface area contributed by atoms with E-state index in [-0.39, 0.29) is 17.5 Å². The number of aryl methyl sites for hydroxylation is 1. The van der Waals surface area contributed by atoms with Crippen molar-refractivity contribution in [2.45, 2.75) is 37.9 Å². The van der Waals surface area contributed by atoms with Crippen LogP contribution in [0.3, 0.4) is 0 Å². The van der Waals surface area contributed by atoms with Gasteiger partial charge >= 0.3 is 0 Å². The van der Waals surface area contributed by atoms with Crippen LogP contribution in [0, 0.1) is 18.7 Å². The van der Waals surface area contributed by atoms with Gasteiger partial charge in [0.1, 0.15) is 15.7 Å². The molecular weight excluding hydrogens is 279 g/mol. The van der Waals surface area contributed by atoms with Gasteiger partial charge in [0.05, 0.1) is 5.25 Å². The summed E-state index contributed by atoms with van der Waals surface area (Å²) in [4.78, 5) is 12.4. The van der Waals surface area contributed by atoms with Crippen molar-refractivity contribution in [3.8, 4) is 0 Å². The van der Waals surface area contributed by atoms with E-state index in [1.807, 2.05) is 0 Å². The summed E-state index contributed by atoms with van der Waals surface area (Å²) < 4.78 is 36.5. The lowest BCUT2D eigenvalue weighted by molar-refractivity contribution is 0.0891. The summed E-state index contributed by atoms with van der Waals surface area (Å²) in [5.74, 6) is -0.672. The maximum atomic E-state index is 13.2. The predicted molar refractivity (Wildman–Crippen MR) is 76.1 cm³/mol. The SMILES string of the molecule is Cc1cc(C(=O)C2CCCC(S(C)(=O)=O)C2)ccc1F. The number of carbonyl (C=O) groups is 1. The molecule has 1 fully saturated rings. The standard InChI is InChI=1S/C15H19FO3S/c1-10-8-12(6-7-14(10)16)15(17)11-4-3-5-13(9-11)20(2,18)19/h6-8,11,13H,3-5,9H2,1-2H3. The van der Waals surface area contributed by atoms with Crippen molar-refractivity contribution >= 4 is 15.6 Å². The van der Waals surface area contributed by atoms with Gasteiger partial charge in [0, 0.05) is 17.7 Å². The molecule has 0 amide bonds. The zero-order chi connectivity index (χ0) is 14.9. The topological polar surface area (TPSA) is 51.2 Å². The fourth-order valence-electron chi connectivity index (χ4n) is 2.81. The highest BCUT2D eigenvalue weighted by molar-refractivity contribution is 7.91. The summed E-state index contributed by atoms with van der Waals surface area (Å²) in [5.41, 5.74) is 0.911. The summed E-state index contributed by atoms with van der Waals surface area (Å²) in [7, 11) is -3.10. The summed E-state index contributed by atoms with van der Waals surface area (Å²) in [6, 6.07) is 4.32. The third-order valence-electron chi connectivity index (χ3n) is 4.04. The molecule has 0 aromatic heterocycles. The fraction of sp³-hybridized carbons (Fsp3) is 0.533. The van der Waals surface area contributed by atoms with Crippen LogP contribution in [-0.4, -0.2) is 25.7 Å². The van der Waals surface area contributed by atoms with E-state index in [1.165, 1.54) is 18.4 Å². The van der Waals surface area contributed by atoms with Crippen molar-refractivity contribution < 1.29 is 17.6 Å². The van der Waals surface area contributed by atoms with E-state index in [0.29, 0.717) is 30.4 Å². The molecule has 1 aliphatic rings. The zero-order valence-electron chi connectivity index (χ0n) is 11.7. The molecule has 1 aromatic carbocycles. The first-order valence-corrected chi connectivity index (χ1v) is 8.73. The Bertz CT molecular complexity index is 622. The van der Waals surface area contributed by atoms with Crippen LogP contribution in [0.1, 0.15) is 41.6 Å². The van der Waals surface area contributed by atoms with Gasteiger partial charge in [0.25, 0.3) is 0 Å². The second-order valence-corrected chi connectivity index (χ2v) is 7.97. The third kappa shape index (κ3) is 3.26. The molecule has 2 unspecified atom stereocenters. The highest BCUT2D eigenvalue weighted by Gasteiger charge is 2.32. The number of carbonyl (C=O) groups excluding carboxylic acids is 1. The van der Waals surface area contributed by atoms with E-state index in [0.717, 1.165) is 6.42 Å². The summed E-state index contributed by atoms with van der Waals surface area (Å²) in [6.07, 6.45) is 3.70. The van der Waals surface area contributed by atoms with Gasteiger partial charge in [-0.05, 0) is 49.9 Å². The minimum absolute atomic E-state index is 0.0681. The van der Waals surface area contributed by atoms with Crippen LogP contribution in [0.25, 0.3) is 0 Å². The molecule has 0 heterocycles. The molecule has 1 saturated carbocycles. The van der Waals surface area contributed by atoms with E-state index in [9.17, 15) is 17.6 Å². The van der Waals surface area contributed by atoms with Gasteiger partial charge in [0.15, 0.2) is 5.78 Å². The fourth-order valence-corrected chi connectivity index (χ4v) is 3.98. The monoisotopic (exact) mass is 298 g/mol. The molecule has 2 atom stereocenters. The molecule has 0 N–H and O–H groups in total. The molecule has 5 heteroatoms. The normalized spacial score (nSPS) is 23.6. The molecule has 0 aliphatic heterocycles. The molecule has 20 heavy (non-hydrogen) atoms. The van der Waals surface area contributed by atoms with Gasteiger partial charge in [-0.25, -0.2) is 12.8 Å². The van der Waals surface area contributed by atoms with E-state index in [4.69, 9.17) is 0 Å². The molecule has 2 rings (SSSR count). The number of rotatable bonds is 3. The quantitative estimate of drug-likeness (QED) is 0.806. The van der Waals surface area contributed by atoms with Crippen molar-refractivity contribution in [2.24, 2.45) is 5.92 Å². The number of hydrogen-bond acceptors (Lipinski definition) is 3. The second kappa shape index (κ2) is 5.64. The van der Waals surface area contributed by atoms with Crippen LogP contribution < -0.4 is 0 Å². The molecule has 0 radical (unpaired) electrons. The highest BCUT2D eigenvalue weighted by Crippen LogP contribution is 2.31. The lowest BCUT2D eigenvalue weighted by Crippen LogP contribution is -2.31. The lowest BCUT2D eigenvalue weighted by atomic mass is 9.83. The summed E-state index contributed by atoms with van der Waals surface area (Å²) >= 11 is 0. The second-order valence-electron chi connectivity index (χ2n) is 5.64. The maximum Gasteiger partial charge on any atom is 0.165 e. The number of halogens is 1. The van der Waals surface area contributed by atoms with Crippen LogP contribution in [0.2, 0.25) is 0 Å². The van der Waals surface area contributed by atoms with Gasteiger partial charge in [-0.2, -0.15) is 0 Å². The number of hydrogen-bond donors (Lipinski definition) is 0. The molecular formula is C15H19FO3S. The van der Waals surface area contributed by atoms with Gasteiger partial charge in [-0.1, -0.05) is 6.42 Å². The molecule has 1 aliphatic carbocycles. The van der Waals surface area contributed by atoms with Gasteiger partial charge in [-0.15, -0.1) is 0 Å². The highest BCUT2D eigenvalue weighted by atomic mass is 32.2. The molecule has 110 valence electrons. The van der Waals surface area contributed by atoms with Gasteiger partial charge < -0.3 is 0 Å². The summed E-state index contributed by atoms with van der Waals surface area (Å²) in [5, 5.41) is -0.424. The first-order chi connectivity index (χ1) is 9.29. The van der Waals surface area contributed by atoms with E-state index >= 15 is 0 Å². The molecule has 3 nitrogen and oxygen atoms in total. The first kappa shape index (κ1) is 15.2. The van der Waals surface area contributed by atoms with Gasteiger partial charge in [0.2, 0.25) is 0 Å². The van der Waals surface area contributed by atoms with Crippen molar-refractivity contribution in [1.82, 2.24) is 0 Å². The van der Waals surface area contributed by atoms with Gasteiger partial charge in [-0.3, -0.25) is 4.79 Å². The molecule has 0 bridgehead atoms. The lowest BCUT2D eigenvalue weighted by Gasteiger charge is -2.27. The number of Topliss-reactive ketones (excluding diaryl/α,β-unsaturated/α-hetero) is 1. The Hall–Kier alpha value is -1.23. The molecule has 0 spiro atoms. The predicted octanol–water partition coefficient (Wildman–Crippen LogP) is 2.92. The zero-order valence-corrected chi connectivity index (χ0v) is 12.5. The number of ketones is 1. The van der Waals surface area contributed by atoms with E-state index < -0.39 is 15.1 Å². The van der Waals surface area contributed by atoms with E-state index in [2.05, 4.69) is 0 Å². The average molecular weight is 298 g/mol.